The predicted octanol–water partition coefficient (Wildman–Crippen LogP) is 3.75. The lowest BCUT2D eigenvalue weighted by molar-refractivity contribution is 0.596. The molecule has 156 valence electrons. The van der Waals surface area contributed by atoms with Crippen molar-refractivity contribution in [1.29, 1.82) is 0 Å². The number of rotatable bonds is 4. The van der Waals surface area contributed by atoms with E-state index < -0.39 is 16.1 Å². The van der Waals surface area contributed by atoms with Crippen molar-refractivity contribution in [2.45, 2.75) is 17.9 Å². The molecule has 2 N–H and O–H groups in total. The fourth-order valence-electron chi connectivity index (χ4n) is 3.48. The molecule has 0 amide bonds. The van der Waals surface area contributed by atoms with E-state index in [4.69, 9.17) is 11.6 Å². The molecule has 1 atom stereocenters. The summed E-state index contributed by atoms with van der Waals surface area (Å²) in [6.07, 6.45) is 2.91. The number of anilines is 2. The zero-order chi connectivity index (χ0) is 21.6. The number of hydrogen-bond donors (Lipinski definition) is 2. The summed E-state index contributed by atoms with van der Waals surface area (Å²) in [4.78, 5) is 20.1. The summed E-state index contributed by atoms with van der Waals surface area (Å²) in [5, 5.41) is 3.35. The van der Waals surface area contributed by atoms with Crippen molar-refractivity contribution in [3.63, 3.8) is 0 Å². The lowest BCUT2D eigenvalue weighted by atomic mass is 10.2. The Morgan fingerprint density at radius 3 is 2.68 bits per heavy atom. The summed E-state index contributed by atoms with van der Waals surface area (Å²) in [5.74, 6) is 0.771. The number of hydrogen-bond acceptors (Lipinski definition) is 7. The van der Waals surface area contributed by atoms with E-state index in [1.165, 1.54) is 17.0 Å². The average Bonchev–Trinajstić information content (AvgIpc) is 3.23. The Morgan fingerprint density at radius 2 is 1.87 bits per heavy atom. The molecule has 9 nitrogen and oxygen atoms in total. The van der Waals surface area contributed by atoms with Crippen LogP contribution in [0.3, 0.4) is 0 Å². The molecule has 0 aliphatic carbocycles. The summed E-state index contributed by atoms with van der Waals surface area (Å²) < 4.78 is 28.5. The van der Waals surface area contributed by atoms with Crippen LogP contribution in [0, 0.1) is 0 Å². The SMILES string of the molecule is C[C@H](Nc1ncnc2nc[nH]c12)C1=Nc2cccc(Cl)c2S(=O)(=O)N1c1ccccc1. The van der Waals surface area contributed by atoms with Gasteiger partial charge in [0.25, 0.3) is 10.0 Å². The topological polar surface area (TPSA) is 116 Å². The van der Waals surface area contributed by atoms with Gasteiger partial charge in [-0.2, -0.15) is 0 Å². The summed E-state index contributed by atoms with van der Waals surface area (Å²) in [5.41, 5.74) is 1.86. The van der Waals surface area contributed by atoms with Gasteiger partial charge in [0, 0.05) is 0 Å². The first-order valence-electron chi connectivity index (χ1n) is 9.35. The highest BCUT2D eigenvalue weighted by atomic mass is 35.5. The van der Waals surface area contributed by atoms with Crippen molar-refractivity contribution in [3.05, 3.63) is 66.2 Å². The fourth-order valence-corrected chi connectivity index (χ4v) is 5.66. The molecule has 0 fully saturated rings. The summed E-state index contributed by atoms with van der Waals surface area (Å²) in [6.45, 7) is 1.81. The van der Waals surface area contributed by atoms with Gasteiger partial charge in [-0.15, -0.1) is 0 Å². The Bertz CT molecular complexity index is 1420. The van der Waals surface area contributed by atoms with Crippen molar-refractivity contribution in [3.8, 4) is 0 Å². The molecule has 0 bridgehead atoms. The molecule has 3 heterocycles. The van der Waals surface area contributed by atoms with Crippen LogP contribution < -0.4 is 9.62 Å². The molecule has 11 heteroatoms. The van der Waals surface area contributed by atoms with Crippen molar-refractivity contribution in [1.82, 2.24) is 19.9 Å². The number of halogens is 1. The summed E-state index contributed by atoms with van der Waals surface area (Å²) >= 11 is 6.27. The molecular formula is C20H16ClN7O2S. The number of para-hydroxylation sites is 1. The molecule has 2 aromatic carbocycles. The lowest BCUT2D eigenvalue weighted by Crippen LogP contribution is -2.47. The second-order valence-corrected chi connectivity index (χ2v) is 8.98. The van der Waals surface area contributed by atoms with Crippen LogP contribution in [-0.2, 0) is 10.0 Å². The van der Waals surface area contributed by atoms with E-state index in [2.05, 4.69) is 30.2 Å². The van der Waals surface area contributed by atoms with Gasteiger partial charge in [-0.05, 0) is 31.2 Å². The maximum absolute atomic E-state index is 13.7. The minimum Gasteiger partial charge on any atom is -0.358 e. The quantitative estimate of drug-likeness (QED) is 0.486. The third-order valence-electron chi connectivity index (χ3n) is 4.84. The van der Waals surface area contributed by atoms with Crippen LogP contribution in [0.2, 0.25) is 5.02 Å². The number of H-pyrrole nitrogens is 1. The van der Waals surface area contributed by atoms with Gasteiger partial charge in [0.05, 0.1) is 28.8 Å². The highest BCUT2D eigenvalue weighted by molar-refractivity contribution is 7.94. The molecule has 2 aromatic heterocycles. The Morgan fingerprint density at radius 1 is 1.06 bits per heavy atom. The first-order valence-corrected chi connectivity index (χ1v) is 11.2. The fraction of sp³-hybridized carbons (Fsp3) is 0.100. The van der Waals surface area contributed by atoms with E-state index in [9.17, 15) is 8.42 Å². The molecule has 4 aromatic rings. The van der Waals surface area contributed by atoms with E-state index in [1.54, 1.807) is 42.5 Å². The largest absolute Gasteiger partial charge is 0.358 e. The first-order chi connectivity index (χ1) is 15.0. The highest BCUT2D eigenvalue weighted by Crippen LogP contribution is 2.40. The molecule has 0 radical (unpaired) electrons. The number of nitrogens with zero attached hydrogens (tertiary/aromatic N) is 5. The number of aromatic nitrogens is 4. The molecule has 31 heavy (non-hydrogen) atoms. The minimum absolute atomic E-state index is 0.0190. The van der Waals surface area contributed by atoms with Gasteiger partial charge in [-0.3, -0.25) is 0 Å². The van der Waals surface area contributed by atoms with Gasteiger partial charge in [0.1, 0.15) is 22.6 Å². The smallest absolute Gasteiger partial charge is 0.273 e. The number of fused-ring (bicyclic) bond motifs is 2. The van der Waals surface area contributed by atoms with Crippen LogP contribution in [-0.4, -0.2) is 40.2 Å². The molecule has 1 aliphatic rings. The molecule has 0 spiro atoms. The van der Waals surface area contributed by atoms with Crippen LogP contribution >= 0.6 is 11.6 Å². The van der Waals surface area contributed by atoms with Crippen molar-refractivity contribution >= 4 is 55.8 Å². The summed E-state index contributed by atoms with van der Waals surface area (Å²) in [6, 6.07) is 13.1. The van der Waals surface area contributed by atoms with Crippen LogP contribution in [0.1, 0.15) is 6.92 Å². The highest BCUT2D eigenvalue weighted by Gasteiger charge is 2.39. The second kappa shape index (κ2) is 7.33. The number of sulfonamides is 1. The maximum atomic E-state index is 13.7. The van der Waals surface area contributed by atoms with Crippen LogP contribution in [0.25, 0.3) is 11.2 Å². The number of amidine groups is 1. The summed E-state index contributed by atoms with van der Waals surface area (Å²) in [7, 11) is -4.01. The van der Waals surface area contributed by atoms with Crippen LogP contribution in [0.4, 0.5) is 17.2 Å². The van der Waals surface area contributed by atoms with Crippen molar-refractivity contribution in [2.75, 3.05) is 9.62 Å². The normalized spacial score (nSPS) is 15.9. The Balaban J connectivity index is 1.66. The molecule has 0 saturated carbocycles. The first kappa shape index (κ1) is 19.5. The number of benzene rings is 2. The number of aromatic amines is 1. The van der Waals surface area contributed by atoms with Crippen LogP contribution in [0.5, 0.6) is 0 Å². The standard InChI is InChI=1S/C20H16ClN7O2S/c1-12(26-19-16-18(23-10-22-16)24-11-25-19)20-27-15-9-5-8-14(21)17(15)31(29,30)28(20)13-6-3-2-4-7-13/h2-12H,1H3,(H2,22,23,24,25,26)/t12-/m0/s1. The third-order valence-corrected chi connectivity index (χ3v) is 7.09. The molecule has 0 saturated heterocycles. The zero-order valence-corrected chi connectivity index (χ0v) is 17.8. The van der Waals surface area contributed by atoms with E-state index in [1.807, 2.05) is 13.0 Å². The molecule has 5 rings (SSSR count). The minimum atomic E-state index is -4.01. The Kier molecular flexibility index (Phi) is 4.60. The van der Waals surface area contributed by atoms with Gasteiger partial charge in [-0.1, -0.05) is 35.9 Å². The third kappa shape index (κ3) is 3.20. The maximum Gasteiger partial charge on any atom is 0.273 e. The molecular weight excluding hydrogens is 438 g/mol. The second-order valence-electron chi connectivity index (χ2n) is 6.85. The van der Waals surface area contributed by atoms with Crippen LogP contribution in [0.15, 0.2) is 71.1 Å². The van der Waals surface area contributed by atoms with E-state index in [0.717, 1.165) is 0 Å². The van der Waals surface area contributed by atoms with Gasteiger partial charge >= 0.3 is 0 Å². The average molecular weight is 454 g/mol. The Hall–Kier alpha value is -3.50. The van der Waals surface area contributed by atoms with Gasteiger partial charge in [0.15, 0.2) is 11.5 Å². The van der Waals surface area contributed by atoms with Gasteiger partial charge in [-0.25, -0.2) is 32.7 Å². The van der Waals surface area contributed by atoms with E-state index >= 15 is 0 Å². The Labute approximate surface area is 182 Å². The van der Waals surface area contributed by atoms with Gasteiger partial charge < -0.3 is 10.3 Å². The number of imidazole rings is 1. The number of nitrogens with one attached hydrogen (secondary N) is 2. The molecule has 1 aliphatic heterocycles. The van der Waals surface area contributed by atoms with Gasteiger partial charge in [0.2, 0.25) is 0 Å². The van der Waals surface area contributed by atoms with E-state index in [-0.39, 0.29) is 21.4 Å². The zero-order valence-electron chi connectivity index (χ0n) is 16.2. The monoisotopic (exact) mass is 453 g/mol. The lowest BCUT2D eigenvalue weighted by Gasteiger charge is -2.33. The van der Waals surface area contributed by atoms with Crippen molar-refractivity contribution < 1.29 is 8.42 Å². The molecule has 0 unspecified atom stereocenters. The predicted molar refractivity (Wildman–Crippen MR) is 119 cm³/mol. The van der Waals surface area contributed by atoms with E-state index in [0.29, 0.717) is 22.7 Å². The van der Waals surface area contributed by atoms with Crippen molar-refractivity contribution in [2.24, 2.45) is 4.99 Å². The number of aliphatic imine (C=N–C) groups is 1.